The maximum Gasteiger partial charge on any atom is 0.214 e. The lowest BCUT2D eigenvalue weighted by Crippen LogP contribution is -2.06. The first-order chi connectivity index (χ1) is 11.9. The fraction of sp³-hybridized carbons (Fsp3) is 0.0556. The number of hydrogen-bond acceptors (Lipinski definition) is 4. The Hall–Kier alpha value is -2.37. The first kappa shape index (κ1) is 17.5. The fourth-order valence-corrected chi connectivity index (χ4v) is 3.48. The van der Waals surface area contributed by atoms with E-state index in [0.29, 0.717) is 16.3 Å². The number of halogens is 2. The van der Waals surface area contributed by atoms with Crippen molar-refractivity contribution >= 4 is 45.8 Å². The summed E-state index contributed by atoms with van der Waals surface area (Å²) in [6, 6.07) is 14.3. The average molecular weight is 463 g/mol. The minimum Gasteiger partial charge on any atom is -0.382 e. The van der Waals surface area contributed by atoms with E-state index in [4.69, 9.17) is 17.3 Å². The van der Waals surface area contributed by atoms with Crippen molar-refractivity contribution in [3.8, 4) is 11.8 Å². The summed E-state index contributed by atoms with van der Waals surface area (Å²) in [4.78, 5) is 12.8. The van der Waals surface area contributed by atoms with E-state index in [2.05, 4.69) is 27.7 Å². The van der Waals surface area contributed by atoms with Crippen molar-refractivity contribution in [1.82, 2.24) is 9.78 Å². The van der Waals surface area contributed by atoms with E-state index in [-0.39, 0.29) is 22.9 Å². The van der Waals surface area contributed by atoms with Crippen LogP contribution < -0.4 is 5.73 Å². The van der Waals surface area contributed by atoms with Gasteiger partial charge in [-0.3, -0.25) is 4.79 Å². The Morgan fingerprint density at radius 3 is 2.56 bits per heavy atom. The predicted molar refractivity (Wildman–Crippen MR) is 105 cm³/mol. The third kappa shape index (κ3) is 3.25. The summed E-state index contributed by atoms with van der Waals surface area (Å²) in [5.41, 5.74) is 8.34. The highest BCUT2D eigenvalue weighted by Crippen LogP contribution is 2.27. The maximum atomic E-state index is 12.8. The molecule has 0 amide bonds. The number of nitrogens with zero attached hydrogens (tertiary/aromatic N) is 3. The van der Waals surface area contributed by atoms with Crippen LogP contribution in [0.15, 0.2) is 42.5 Å². The molecule has 0 aliphatic carbocycles. The number of ketones is 1. The quantitative estimate of drug-likeness (QED) is 0.469. The van der Waals surface area contributed by atoms with E-state index in [1.54, 1.807) is 30.3 Å². The van der Waals surface area contributed by atoms with E-state index in [0.717, 1.165) is 9.13 Å². The van der Waals surface area contributed by atoms with Gasteiger partial charge >= 0.3 is 0 Å². The number of nitrogen functional groups attached to an aromatic ring is 1. The van der Waals surface area contributed by atoms with Crippen molar-refractivity contribution in [2.75, 3.05) is 5.73 Å². The van der Waals surface area contributed by atoms with Gasteiger partial charge in [-0.25, -0.2) is 4.68 Å². The molecule has 0 saturated heterocycles. The van der Waals surface area contributed by atoms with Crippen LogP contribution in [0.3, 0.4) is 0 Å². The standard InChI is InChI=1S/C18H12ClIN4O/c1-10-2-4-11(5-3-10)17(25)16-13(9-21)18(22)24(23-16)15-7-6-12(19)8-14(15)20/h2-8H,22H2,1H3. The Kier molecular flexibility index (Phi) is 4.79. The molecular weight excluding hydrogens is 451 g/mol. The highest BCUT2D eigenvalue weighted by atomic mass is 127. The molecule has 7 heteroatoms. The number of carbonyl (C=O) groups excluding carboxylic acids is 1. The Bertz CT molecular complexity index is 1020. The van der Waals surface area contributed by atoms with Gasteiger partial charge in [-0.15, -0.1) is 0 Å². The van der Waals surface area contributed by atoms with E-state index < -0.39 is 0 Å². The number of aryl methyl sites for hydroxylation is 1. The molecule has 2 N–H and O–H groups in total. The van der Waals surface area contributed by atoms with Crippen molar-refractivity contribution in [3.63, 3.8) is 0 Å². The van der Waals surface area contributed by atoms with Crippen LogP contribution in [0, 0.1) is 21.8 Å². The maximum absolute atomic E-state index is 12.8. The first-order valence-electron chi connectivity index (χ1n) is 7.27. The van der Waals surface area contributed by atoms with Gasteiger partial charge in [0.1, 0.15) is 17.5 Å². The molecule has 2 aromatic carbocycles. The topological polar surface area (TPSA) is 84.7 Å². The van der Waals surface area contributed by atoms with Crippen molar-refractivity contribution in [3.05, 3.63) is 73.4 Å². The normalized spacial score (nSPS) is 10.5. The number of carbonyl (C=O) groups is 1. The summed E-state index contributed by atoms with van der Waals surface area (Å²) in [7, 11) is 0. The molecule has 0 fully saturated rings. The number of nitrogens with two attached hydrogens (primary N) is 1. The average Bonchev–Trinajstić information content (AvgIpc) is 2.91. The minimum atomic E-state index is -0.342. The predicted octanol–water partition coefficient (Wildman–Crippen LogP) is 4.12. The Morgan fingerprint density at radius 1 is 1.28 bits per heavy atom. The molecule has 3 aromatic rings. The molecule has 0 unspecified atom stereocenters. The van der Waals surface area contributed by atoms with Crippen LogP contribution >= 0.6 is 34.2 Å². The van der Waals surface area contributed by atoms with Crippen LogP contribution in [0.4, 0.5) is 5.82 Å². The SMILES string of the molecule is Cc1ccc(C(=O)c2nn(-c3ccc(Cl)cc3I)c(N)c2C#N)cc1. The van der Waals surface area contributed by atoms with Crippen LogP contribution in [0.1, 0.15) is 27.2 Å². The molecule has 0 radical (unpaired) electrons. The van der Waals surface area contributed by atoms with Crippen LogP contribution in [-0.2, 0) is 0 Å². The molecule has 1 aromatic heterocycles. The molecule has 0 atom stereocenters. The second kappa shape index (κ2) is 6.86. The second-order valence-corrected chi connectivity index (χ2v) is 7.02. The number of nitriles is 1. The molecule has 1 heterocycles. The Morgan fingerprint density at radius 2 is 1.96 bits per heavy atom. The summed E-state index contributed by atoms with van der Waals surface area (Å²) in [5.74, 6) is -0.218. The monoisotopic (exact) mass is 462 g/mol. The van der Waals surface area contributed by atoms with E-state index in [9.17, 15) is 10.1 Å². The van der Waals surface area contributed by atoms with E-state index in [1.165, 1.54) is 4.68 Å². The molecule has 0 spiro atoms. The number of anilines is 1. The first-order valence-corrected chi connectivity index (χ1v) is 8.73. The van der Waals surface area contributed by atoms with Gasteiger partial charge in [-0.2, -0.15) is 10.4 Å². The molecule has 25 heavy (non-hydrogen) atoms. The molecule has 5 nitrogen and oxygen atoms in total. The van der Waals surface area contributed by atoms with E-state index >= 15 is 0 Å². The zero-order valence-electron chi connectivity index (χ0n) is 13.1. The van der Waals surface area contributed by atoms with Gasteiger partial charge in [0.2, 0.25) is 5.78 Å². The number of benzene rings is 2. The van der Waals surface area contributed by atoms with Gasteiger partial charge in [0.25, 0.3) is 0 Å². The van der Waals surface area contributed by atoms with Gasteiger partial charge in [0.05, 0.1) is 5.69 Å². The number of rotatable bonds is 3. The third-order valence-corrected chi connectivity index (χ3v) is 4.80. The highest BCUT2D eigenvalue weighted by Gasteiger charge is 2.24. The lowest BCUT2D eigenvalue weighted by Gasteiger charge is -2.06. The number of hydrogen-bond donors (Lipinski definition) is 1. The highest BCUT2D eigenvalue weighted by molar-refractivity contribution is 14.1. The largest absolute Gasteiger partial charge is 0.382 e. The van der Waals surface area contributed by atoms with Crippen molar-refractivity contribution in [1.29, 1.82) is 5.26 Å². The molecular formula is C18H12ClIN4O. The third-order valence-electron chi connectivity index (χ3n) is 3.70. The zero-order chi connectivity index (χ0) is 18.1. The van der Waals surface area contributed by atoms with Gasteiger partial charge < -0.3 is 5.73 Å². The molecule has 0 bridgehead atoms. The Balaban J connectivity index is 2.14. The zero-order valence-corrected chi connectivity index (χ0v) is 16.0. The van der Waals surface area contributed by atoms with E-state index in [1.807, 2.05) is 25.1 Å². The number of aromatic nitrogens is 2. The summed E-state index contributed by atoms with van der Waals surface area (Å²) in [5, 5.41) is 14.3. The smallest absolute Gasteiger partial charge is 0.214 e. The van der Waals surface area contributed by atoms with Gasteiger partial charge in [0.15, 0.2) is 5.69 Å². The lowest BCUT2D eigenvalue weighted by atomic mass is 10.0. The van der Waals surface area contributed by atoms with Crippen molar-refractivity contribution < 1.29 is 4.79 Å². The van der Waals surface area contributed by atoms with Crippen LogP contribution in [0.25, 0.3) is 5.69 Å². The van der Waals surface area contributed by atoms with Crippen LogP contribution in [0.2, 0.25) is 5.02 Å². The molecule has 0 saturated carbocycles. The van der Waals surface area contributed by atoms with Crippen molar-refractivity contribution in [2.45, 2.75) is 6.92 Å². The molecule has 3 rings (SSSR count). The summed E-state index contributed by atoms with van der Waals surface area (Å²) >= 11 is 8.08. The molecule has 0 aliphatic rings. The Labute approximate surface area is 163 Å². The second-order valence-electron chi connectivity index (χ2n) is 5.42. The summed E-state index contributed by atoms with van der Waals surface area (Å²) in [6.07, 6.45) is 0. The van der Waals surface area contributed by atoms with Gasteiger partial charge in [-0.05, 0) is 47.7 Å². The van der Waals surface area contributed by atoms with Gasteiger partial charge in [0, 0.05) is 14.2 Å². The molecule has 0 aliphatic heterocycles. The summed E-state index contributed by atoms with van der Waals surface area (Å²) in [6.45, 7) is 1.93. The van der Waals surface area contributed by atoms with Crippen LogP contribution in [-0.4, -0.2) is 15.6 Å². The van der Waals surface area contributed by atoms with Gasteiger partial charge in [-0.1, -0.05) is 41.4 Å². The lowest BCUT2D eigenvalue weighted by molar-refractivity contribution is 0.103. The summed E-state index contributed by atoms with van der Waals surface area (Å²) < 4.78 is 2.20. The fourth-order valence-electron chi connectivity index (χ4n) is 2.38. The minimum absolute atomic E-state index is 0.0367. The van der Waals surface area contributed by atoms with Crippen LogP contribution in [0.5, 0.6) is 0 Å². The van der Waals surface area contributed by atoms with Crippen molar-refractivity contribution in [2.24, 2.45) is 0 Å². The molecule has 124 valence electrons.